The number of hydrogen-bond acceptors (Lipinski definition) is 0. The quantitative estimate of drug-likeness (QED) is 0.163. The second kappa shape index (κ2) is 8.30. The van der Waals surface area contributed by atoms with Gasteiger partial charge in [-0.1, -0.05) is 139 Å². The Labute approximate surface area is 250 Å². The molecule has 0 nitrogen and oxygen atoms in total. The molecule has 0 aliphatic rings. The molecule has 176 valence electrons. The van der Waals surface area contributed by atoms with Crippen LogP contribution in [0.25, 0.3) is 76.1 Å². The minimum atomic E-state index is -0.814. The molecule has 0 atom stereocenters. The third-order valence-electron chi connectivity index (χ3n) is 6.57. The third-order valence-corrected chi connectivity index (χ3v) is 6.57. The van der Waals surface area contributed by atoms with Gasteiger partial charge in [0.1, 0.15) is 0 Å². The molecule has 8 aromatic rings. The van der Waals surface area contributed by atoms with E-state index in [2.05, 4.69) is 0 Å². The van der Waals surface area contributed by atoms with E-state index in [4.69, 9.17) is 21.9 Å². The summed E-state index contributed by atoms with van der Waals surface area (Å²) in [5.41, 5.74) is -1.62. The summed E-state index contributed by atoms with van der Waals surface area (Å²) in [7, 11) is 0. The fourth-order valence-electron chi connectivity index (χ4n) is 5.03. The van der Waals surface area contributed by atoms with E-state index in [1.165, 1.54) is 6.07 Å². The zero-order valence-corrected chi connectivity index (χ0v) is 19.2. The van der Waals surface area contributed by atoms with E-state index < -0.39 is 143 Å². The first-order valence-electron chi connectivity index (χ1n) is 22.0. The molecule has 0 saturated heterocycles. The van der Waals surface area contributed by atoms with Crippen molar-refractivity contribution in [3.8, 4) is 22.3 Å². The van der Waals surface area contributed by atoms with Crippen molar-refractivity contribution in [3.05, 3.63) is 145 Å². The Hall–Kier alpha value is -4.94. The molecule has 0 radical (unpaired) electrons. The lowest BCUT2D eigenvalue weighted by molar-refractivity contribution is 1.66. The van der Waals surface area contributed by atoms with Crippen LogP contribution in [-0.4, -0.2) is 0 Å². The van der Waals surface area contributed by atoms with Crippen molar-refractivity contribution in [2.45, 2.75) is 0 Å². The normalized spacial score (nSPS) is 19.4. The fraction of sp³-hybridized carbons (Fsp3) is 0. The highest BCUT2D eigenvalue weighted by molar-refractivity contribution is 6.27. The Balaban J connectivity index is 1.75. The zero-order valence-electron chi connectivity index (χ0n) is 40.2. The second-order valence-electron chi connectivity index (χ2n) is 8.50. The van der Waals surface area contributed by atoms with Gasteiger partial charge in [-0.2, -0.15) is 0 Å². The topological polar surface area (TPSA) is 0 Å². The van der Waals surface area contributed by atoms with Crippen LogP contribution in [0, 0.1) is 0 Å². The smallest absolute Gasteiger partial charge is 0.0622 e. The zero-order chi connectivity index (χ0) is 43.3. The molecule has 0 spiro atoms. The monoisotopic (exact) mass is 501 g/mol. The molecule has 0 aliphatic heterocycles. The van der Waals surface area contributed by atoms with E-state index in [0.29, 0.717) is 0 Å². The number of benzene rings is 8. The average molecular weight is 502 g/mol. The van der Waals surface area contributed by atoms with Gasteiger partial charge in [0.25, 0.3) is 0 Å². The Morgan fingerprint density at radius 1 is 0.289 bits per heavy atom. The van der Waals surface area contributed by atoms with Crippen LogP contribution in [0.5, 0.6) is 0 Å². The van der Waals surface area contributed by atoms with Crippen LogP contribution >= 0.6 is 0 Å². The Morgan fingerprint density at radius 2 is 0.737 bits per heavy atom. The van der Waals surface area contributed by atoms with Gasteiger partial charge >= 0.3 is 0 Å². The molecule has 0 fully saturated rings. The highest BCUT2D eigenvalue weighted by atomic mass is 14.2. The number of fused-ring (bicyclic) bond motifs is 8. The van der Waals surface area contributed by atoms with Gasteiger partial charge in [-0.15, -0.1) is 0 Å². The molecule has 0 heteroatoms. The standard InChI is InChI=1S/C38H24/c1-2-12-25(13-3-1)37-32-18-8-10-20-34(32)38(35-21-11-9-19-33(35)37)26-22-23-31-29-16-5-4-14-27(29)28-15-6-7-17-30(28)36(31)24-26/h1-24H/i1D,2D,3D,4D,5D,6D,7D,8D,9D,10D,11D,12D,13D,14D,15D,17D,18D,20D,21D,22D,23D. The molecule has 0 saturated carbocycles. The SMILES string of the molecule is [2H]c1cc2c(-c3c([2H])c([2H])c([2H])c([2H])c3[2H])c3c([2H])c([2H])c([2H])c([2H])c3c(-c3cc4c(c([2H])c3[2H])c3cc([2H])c([2H])c([2H])c3c3c([2H])c([2H])c([2H])c([2H])c43)c2c([2H])c1[2H]. The summed E-state index contributed by atoms with van der Waals surface area (Å²) in [6.07, 6.45) is 0. The lowest BCUT2D eigenvalue weighted by Gasteiger charge is -2.18. The number of rotatable bonds is 2. The largest absolute Gasteiger partial charge is 0.0630 e. The summed E-state index contributed by atoms with van der Waals surface area (Å²) in [6.45, 7) is 0. The van der Waals surface area contributed by atoms with Gasteiger partial charge in [-0.25, -0.2) is 0 Å². The van der Waals surface area contributed by atoms with E-state index in [1.807, 2.05) is 0 Å². The van der Waals surface area contributed by atoms with Gasteiger partial charge in [0.15, 0.2) is 0 Å². The Bertz CT molecular complexity index is 3310. The molecule has 38 heavy (non-hydrogen) atoms. The summed E-state index contributed by atoms with van der Waals surface area (Å²) >= 11 is 0. The summed E-state index contributed by atoms with van der Waals surface area (Å²) in [5, 5.41) is -2.50. The van der Waals surface area contributed by atoms with Gasteiger partial charge in [0, 0.05) is 0 Å². The van der Waals surface area contributed by atoms with E-state index in [9.17, 15) is 6.85 Å². The van der Waals surface area contributed by atoms with Gasteiger partial charge in [-0.3, -0.25) is 0 Å². The Kier molecular flexibility index (Phi) is 1.99. The molecule has 0 bridgehead atoms. The maximum absolute atomic E-state index is 9.49. The van der Waals surface area contributed by atoms with E-state index >= 15 is 0 Å². The van der Waals surface area contributed by atoms with Crippen molar-refractivity contribution in [3.63, 3.8) is 0 Å². The summed E-state index contributed by atoms with van der Waals surface area (Å²) < 4.78 is 185. The molecule has 0 unspecified atom stereocenters. The van der Waals surface area contributed by atoms with Crippen LogP contribution in [0.2, 0.25) is 0 Å². The van der Waals surface area contributed by atoms with Crippen LogP contribution in [-0.2, 0) is 0 Å². The molecule has 0 heterocycles. The van der Waals surface area contributed by atoms with Crippen molar-refractivity contribution >= 4 is 53.9 Å². The molecule has 8 rings (SSSR count). The first-order valence-corrected chi connectivity index (χ1v) is 11.5. The van der Waals surface area contributed by atoms with Gasteiger partial charge in [-0.05, 0) is 82.2 Å². The fourth-order valence-corrected chi connectivity index (χ4v) is 5.03. The summed E-state index contributed by atoms with van der Waals surface area (Å²) in [5.74, 6) is 0. The first kappa shape index (κ1) is 9.11. The minimum absolute atomic E-state index is 0.0600. The average Bonchev–Trinajstić information content (AvgIpc) is 3.20. The predicted molar refractivity (Wildman–Crippen MR) is 165 cm³/mol. The van der Waals surface area contributed by atoms with E-state index in [-0.39, 0.29) is 59.8 Å². The van der Waals surface area contributed by atoms with Gasteiger partial charge in [0.2, 0.25) is 0 Å². The molecular formula is C38H24. The van der Waals surface area contributed by atoms with Gasteiger partial charge < -0.3 is 0 Å². The second-order valence-corrected chi connectivity index (χ2v) is 8.50. The highest BCUT2D eigenvalue weighted by Gasteiger charge is 2.17. The molecule has 8 aromatic carbocycles. The lowest BCUT2D eigenvalue weighted by Crippen LogP contribution is -1.91. The van der Waals surface area contributed by atoms with Crippen LogP contribution in [0.15, 0.2) is 145 Å². The highest BCUT2D eigenvalue weighted by Crippen LogP contribution is 2.45. The van der Waals surface area contributed by atoms with Crippen LogP contribution < -0.4 is 0 Å². The summed E-state index contributed by atoms with van der Waals surface area (Å²) in [4.78, 5) is 0. The van der Waals surface area contributed by atoms with E-state index in [0.717, 1.165) is 12.1 Å². The predicted octanol–water partition coefficient (Wildman–Crippen LogP) is 10.8. The van der Waals surface area contributed by atoms with Crippen molar-refractivity contribution in [2.24, 2.45) is 0 Å². The minimum Gasteiger partial charge on any atom is -0.0622 e. The molecule has 0 aliphatic carbocycles. The summed E-state index contributed by atoms with van der Waals surface area (Å²) in [6, 6.07) is -11.2. The maximum Gasteiger partial charge on any atom is 0.0630 e. The lowest BCUT2D eigenvalue weighted by atomic mass is 9.85. The number of hydrogen-bond donors (Lipinski definition) is 0. The maximum atomic E-state index is 9.49. The van der Waals surface area contributed by atoms with Crippen LogP contribution in [0.1, 0.15) is 28.8 Å². The molecule has 0 aromatic heterocycles. The molecule has 0 amide bonds. The molecular weight excluding hydrogens is 456 g/mol. The van der Waals surface area contributed by atoms with Crippen molar-refractivity contribution in [1.29, 1.82) is 0 Å². The first-order chi connectivity index (χ1) is 27.6. The van der Waals surface area contributed by atoms with Crippen molar-refractivity contribution < 1.29 is 28.8 Å². The molecule has 0 N–H and O–H groups in total. The van der Waals surface area contributed by atoms with E-state index in [1.54, 1.807) is 0 Å². The van der Waals surface area contributed by atoms with Crippen molar-refractivity contribution in [1.82, 2.24) is 0 Å². The Morgan fingerprint density at radius 3 is 1.42 bits per heavy atom. The van der Waals surface area contributed by atoms with Crippen LogP contribution in [0.3, 0.4) is 0 Å². The van der Waals surface area contributed by atoms with Gasteiger partial charge in [0.05, 0.1) is 28.8 Å². The van der Waals surface area contributed by atoms with Crippen molar-refractivity contribution in [2.75, 3.05) is 0 Å². The third kappa shape index (κ3) is 3.04. The van der Waals surface area contributed by atoms with Crippen LogP contribution in [0.4, 0.5) is 0 Å².